The standard InChI is InChI=1S/C25H47N3O4/c1-11-15-26-25(12-2,13-3)24(31)27-21(18(7)8)22(29)28(10)20(17(5)6)16-19(9)23(30)32-14-4/h16-18,20-21,26H,11-15H2,1-10H3,(H,27,31)/b19-16+. The highest BCUT2D eigenvalue weighted by molar-refractivity contribution is 5.92. The van der Waals surface area contributed by atoms with Crippen molar-refractivity contribution in [3.63, 3.8) is 0 Å². The highest BCUT2D eigenvalue weighted by Gasteiger charge is 2.38. The molecule has 7 heteroatoms. The van der Waals surface area contributed by atoms with Gasteiger partial charge in [-0.05, 0) is 51.5 Å². The molecule has 0 bridgehead atoms. The summed E-state index contributed by atoms with van der Waals surface area (Å²) in [6.07, 6.45) is 3.98. The van der Waals surface area contributed by atoms with Gasteiger partial charge >= 0.3 is 5.97 Å². The SMILES string of the molecule is CCCNC(CC)(CC)C(=O)NC(C(=O)N(C)C(/C=C(\C)C(=O)OCC)C(C)C)C(C)C. The Bertz CT molecular complexity index is 639. The second-order valence-corrected chi connectivity index (χ2v) is 9.17. The Hall–Kier alpha value is -1.89. The Balaban J connectivity index is 5.81. The molecule has 7 nitrogen and oxygen atoms in total. The van der Waals surface area contributed by atoms with Gasteiger partial charge in [-0.25, -0.2) is 4.79 Å². The van der Waals surface area contributed by atoms with Gasteiger partial charge in [0.1, 0.15) is 6.04 Å². The van der Waals surface area contributed by atoms with Gasteiger partial charge in [0, 0.05) is 12.6 Å². The molecule has 2 N–H and O–H groups in total. The molecule has 0 aliphatic carbocycles. The summed E-state index contributed by atoms with van der Waals surface area (Å²) in [5.41, 5.74) is -0.227. The summed E-state index contributed by atoms with van der Waals surface area (Å²) in [5.74, 6) is -0.708. The minimum Gasteiger partial charge on any atom is -0.463 e. The van der Waals surface area contributed by atoms with Gasteiger partial charge in [-0.2, -0.15) is 0 Å². The van der Waals surface area contributed by atoms with Crippen molar-refractivity contribution in [3.8, 4) is 0 Å². The largest absolute Gasteiger partial charge is 0.463 e. The van der Waals surface area contributed by atoms with Crippen LogP contribution in [0.3, 0.4) is 0 Å². The molecule has 0 fully saturated rings. The quantitative estimate of drug-likeness (QED) is 0.309. The summed E-state index contributed by atoms with van der Waals surface area (Å²) >= 11 is 0. The van der Waals surface area contributed by atoms with Crippen LogP contribution < -0.4 is 10.6 Å². The van der Waals surface area contributed by atoms with Crippen molar-refractivity contribution >= 4 is 17.8 Å². The molecule has 0 aliphatic heterocycles. The number of hydrogen-bond donors (Lipinski definition) is 2. The number of hydrogen-bond acceptors (Lipinski definition) is 5. The summed E-state index contributed by atoms with van der Waals surface area (Å²) in [7, 11) is 1.73. The fourth-order valence-corrected chi connectivity index (χ4v) is 3.75. The summed E-state index contributed by atoms with van der Waals surface area (Å²) in [6.45, 7) is 18.4. The summed E-state index contributed by atoms with van der Waals surface area (Å²) < 4.78 is 5.08. The van der Waals surface area contributed by atoms with Crippen molar-refractivity contribution in [1.82, 2.24) is 15.5 Å². The van der Waals surface area contributed by atoms with E-state index in [1.54, 1.807) is 31.9 Å². The zero-order chi connectivity index (χ0) is 25.1. The van der Waals surface area contributed by atoms with Gasteiger partial charge in [-0.1, -0.05) is 54.5 Å². The molecule has 32 heavy (non-hydrogen) atoms. The number of rotatable bonds is 14. The first-order valence-corrected chi connectivity index (χ1v) is 12.1. The van der Waals surface area contributed by atoms with E-state index in [1.807, 2.05) is 41.5 Å². The van der Waals surface area contributed by atoms with Crippen LogP contribution in [-0.4, -0.2) is 60.5 Å². The molecule has 186 valence electrons. The molecule has 0 aromatic carbocycles. The van der Waals surface area contributed by atoms with Crippen LogP contribution in [0.5, 0.6) is 0 Å². The third-order valence-corrected chi connectivity index (χ3v) is 6.07. The minimum atomic E-state index is -0.695. The number of nitrogens with zero attached hydrogens (tertiary/aromatic N) is 1. The Morgan fingerprint density at radius 1 is 1.00 bits per heavy atom. The van der Waals surface area contributed by atoms with E-state index in [4.69, 9.17) is 4.74 Å². The lowest BCUT2D eigenvalue weighted by atomic mass is 9.90. The minimum absolute atomic E-state index is 0.0773. The first-order valence-electron chi connectivity index (χ1n) is 12.1. The van der Waals surface area contributed by atoms with E-state index in [9.17, 15) is 14.4 Å². The first kappa shape index (κ1) is 30.1. The molecule has 2 atom stereocenters. The lowest BCUT2D eigenvalue weighted by molar-refractivity contribution is -0.140. The Labute approximate surface area is 195 Å². The summed E-state index contributed by atoms with van der Waals surface area (Å²) in [4.78, 5) is 40.5. The highest BCUT2D eigenvalue weighted by Crippen LogP contribution is 2.20. The predicted octanol–water partition coefficient (Wildman–Crippen LogP) is 3.68. The van der Waals surface area contributed by atoms with Crippen LogP contribution in [0.1, 0.15) is 81.6 Å². The Morgan fingerprint density at radius 3 is 1.97 bits per heavy atom. The molecule has 0 aromatic rings. The van der Waals surface area contributed by atoms with Crippen molar-refractivity contribution in [3.05, 3.63) is 11.6 Å². The van der Waals surface area contributed by atoms with Gasteiger partial charge in [-0.3, -0.25) is 9.59 Å². The second-order valence-electron chi connectivity index (χ2n) is 9.17. The predicted molar refractivity (Wildman–Crippen MR) is 130 cm³/mol. The monoisotopic (exact) mass is 453 g/mol. The van der Waals surface area contributed by atoms with E-state index in [0.717, 1.165) is 13.0 Å². The zero-order valence-electron chi connectivity index (χ0n) is 22.0. The van der Waals surface area contributed by atoms with Gasteiger partial charge in [-0.15, -0.1) is 0 Å². The molecule has 0 radical (unpaired) electrons. The lowest BCUT2D eigenvalue weighted by Crippen LogP contribution is -2.62. The second kappa shape index (κ2) is 14.3. The van der Waals surface area contributed by atoms with Crippen LogP contribution in [-0.2, 0) is 19.1 Å². The number of nitrogens with one attached hydrogen (secondary N) is 2. The van der Waals surface area contributed by atoms with Crippen molar-refractivity contribution in [1.29, 1.82) is 0 Å². The Kier molecular flexibility index (Phi) is 13.5. The van der Waals surface area contributed by atoms with Crippen molar-refractivity contribution in [2.24, 2.45) is 11.8 Å². The number of likely N-dealkylation sites (N-methyl/N-ethyl adjacent to an activating group) is 1. The van der Waals surface area contributed by atoms with Crippen LogP contribution >= 0.6 is 0 Å². The van der Waals surface area contributed by atoms with Gasteiger partial charge in [0.15, 0.2) is 0 Å². The van der Waals surface area contributed by atoms with E-state index in [0.29, 0.717) is 25.0 Å². The van der Waals surface area contributed by atoms with E-state index in [-0.39, 0.29) is 35.7 Å². The van der Waals surface area contributed by atoms with E-state index in [2.05, 4.69) is 17.6 Å². The number of amides is 2. The van der Waals surface area contributed by atoms with Crippen LogP contribution in [0, 0.1) is 11.8 Å². The van der Waals surface area contributed by atoms with Crippen LogP contribution in [0.2, 0.25) is 0 Å². The van der Waals surface area contributed by atoms with Crippen LogP contribution in [0.4, 0.5) is 0 Å². The van der Waals surface area contributed by atoms with Gasteiger partial charge in [0.2, 0.25) is 11.8 Å². The molecule has 0 saturated heterocycles. The summed E-state index contributed by atoms with van der Waals surface area (Å²) in [6, 6.07) is -0.962. The highest BCUT2D eigenvalue weighted by atomic mass is 16.5. The fraction of sp³-hybridized carbons (Fsp3) is 0.800. The molecular formula is C25H47N3O4. The van der Waals surface area contributed by atoms with E-state index in [1.165, 1.54) is 0 Å². The first-order chi connectivity index (χ1) is 14.9. The van der Waals surface area contributed by atoms with Crippen LogP contribution in [0.25, 0.3) is 0 Å². The molecule has 2 unspecified atom stereocenters. The van der Waals surface area contributed by atoms with E-state index >= 15 is 0 Å². The Morgan fingerprint density at radius 2 is 1.56 bits per heavy atom. The maximum atomic E-state index is 13.5. The lowest BCUT2D eigenvalue weighted by Gasteiger charge is -2.37. The third-order valence-electron chi connectivity index (χ3n) is 6.07. The molecule has 0 saturated carbocycles. The fourth-order valence-electron chi connectivity index (χ4n) is 3.75. The van der Waals surface area contributed by atoms with Gasteiger partial charge in [0.25, 0.3) is 0 Å². The molecule has 2 amide bonds. The number of carbonyl (C=O) groups is 3. The smallest absolute Gasteiger partial charge is 0.333 e. The maximum absolute atomic E-state index is 13.5. The topological polar surface area (TPSA) is 87.7 Å². The average molecular weight is 454 g/mol. The van der Waals surface area contributed by atoms with E-state index < -0.39 is 11.6 Å². The molecule has 0 rings (SSSR count). The molecule has 0 heterocycles. The van der Waals surface area contributed by atoms with Gasteiger partial charge in [0.05, 0.1) is 18.2 Å². The van der Waals surface area contributed by atoms with Gasteiger partial charge < -0.3 is 20.3 Å². The number of carbonyl (C=O) groups excluding carboxylic acids is 3. The normalized spacial score (nSPS) is 14.3. The number of ether oxygens (including phenoxy) is 1. The zero-order valence-corrected chi connectivity index (χ0v) is 22.0. The molecule has 0 spiro atoms. The van der Waals surface area contributed by atoms with Crippen molar-refractivity contribution in [2.75, 3.05) is 20.2 Å². The third kappa shape index (κ3) is 8.23. The molecule has 0 aliphatic rings. The number of esters is 1. The van der Waals surface area contributed by atoms with Crippen LogP contribution in [0.15, 0.2) is 11.6 Å². The maximum Gasteiger partial charge on any atom is 0.333 e. The average Bonchev–Trinajstić information content (AvgIpc) is 2.75. The molecule has 0 aromatic heterocycles. The van der Waals surface area contributed by atoms with Crippen molar-refractivity contribution < 1.29 is 19.1 Å². The summed E-state index contributed by atoms with van der Waals surface area (Å²) in [5, 5.41) is 6.42. The molecular weight excluding hydrogens is 406 g/mol. The van der Waals surface area contributed by atoms with Crippen molar-refractivity contribution in [2.45, 2.75) is 99.2 Å².